The normalized spacial score (nSPS) is 13.0. The molecule has 0 aliphatic carbocycles. The zero-order chi connectivity index (χ0) is 16.6. The molecule has 0 atom stereocenters. The summed E-state index contributed by atoms with van der Waals surface area (Å²) in [7, 11) is 0. The molecule has 1 aliphatic rings. The van der Waals surface area contributed by atoms with Crippen LogP contribution in [0.4, 0.5) is 4.39 Å². The zero-order valence-electron chi connectivity index (χ0n) is 12.2. The third kappa shape index (κ3) is 2.59. The Labute approximate surface area is 138 Å². The van der Waals surface area contributed by atoms with Crippen LogP contribution in [0, 0.1) is 5.82 Å². The van der Waals surface area contributed by atoms with E-state index in [4.69, 9.17) is 4.74 Å². The van der Waals surface area contributed by atoms with Gasteiger partial charge in [0.05, 0.1) is 23.3 Å². The first kappa shape index (κ1) is 15.5. The van der Waals surface area contributed by atoms with Gasteiger partial charge in [-0.1, -0.05) is 12.2 Å². The number of nitrogens with zero attached hydrogens (tertiary/aromatic N) is 3. The molecule has 0 N–H and O–H groups in total. The fourth-order valence-electron chi connectivity index (χ4n) is 2.34. The minimum Gasteiger partial charge on any atom is -0.493 e. The van der Waals surface area contributed by atoms with Crippen molar-refractivity contribution in [2.75, 3.05) is 6.61 Å². The fraction of sp³-hybridized carbons (Fsp3) is 0.200. The Morgan fingerprint density at radius 2 is 2.04 bits per heavy atom. The molecule has 3 rings (SSSR count). The smallest absolute Gasteiger partial charge is 0.356 e. The first-order chi connectivity index (χ1) is 11.0. The molecule has 23 heavy (non-hydrogen) atoms. The molecule has 0 radical (unpaired) electrons. The summed E-state index contributed by atoms with van der Waals surface area (Å²) in [5.74, 6) is -0.336. The van der Waals surface area contributed by atoms with Crippen LogP contribution in [0.1, 0.15) is 6.92 Å². The van der Waals surface area contributed by atoms with Crippen molar-refractivity contribution in [2.45, 2.75) is 13.5 Å². The highest BCUT2D eigenvalue weighted by atomic mass is 79.9. The first-order valence-corrected chi connectivity index (χ1v) is 7.73. The Hall–Kier alpha value is -2.35. The molecule has 0 amide bonds. The third-order valence-corrected chi connectivity index (χ3v) is 3.97. The number of benzene rings is 1. The van der Waals surface area contributed by atoms with Gasteiger partial charge >= 0.3 is 11.4 Å². The van der Waals surface area contributed by atoms with Crippen LogP contribution >= 0.6 is 15.9 Å². The van der Waals surface area contributed by atoms with Gasteiger partial charge in [0.2, 0.25) is 0 Å². The molecule has 6 nitrogen and oxygen atoms in total. The van der Waals surface area contributed by atoms with Crippen LogP contribution in [0.5, 0.6) is 5.75 Å². The highest BCUT2D eigenvalue weighted by molar-refractivity contribution is 9.10. The predicted molar refractivity (Wildman–Crippen MR) is 87.6 cm³/mol. The minimum atomic E-state index is -0.694. The van der Waals surface area contributed by atoms with E-state index in [1.807, 2.05) is 0 Å². The van der Waals surface area contributed by atoms with Crippen molar-refractivity contribution in [2.24, 2.45) is 0 Å². The van der Waals surface area contributed by atoms with E-state index in [0.29, 0.717) is 16.8 Å². The van der Waals surface area contributed by atoms with Crippen LogP contribution in [0.25, 0.3) is 11.9 Å². The van der Waals surface area contributed by atoms with Crippen molar-refractivity contribution >= 4 is 22.1 Å². The largest absolute Gasteiger partial charge is 0.493 e. The second kappa shape index (κ2) is 6.04. The van der Waals surface area contributed by atoms with Gasteiger partial charge in [0.25, 0.3) is 0 Å². The number of fused-ring (bicyclic) bond motifs is 1. The van der Waals surface area contributed by atoms with E-state index in [2.05, 4.69) is 15.9 Å². The molecular weight excluding hydrogens is 369 g/mol. The van der Waals surface area contributed by atoms with Crippen molar-refractivity contribution in [3.05, 3.63) is 61.6 Å². The van der Waals surface area contributed by atoms with Crippen molar-refractivity contribution in [3.63, 3.8) is 0 Å². The molecule has 0 bridgehead atoms. The number of aromatic nitrogens is 3. The number of hydrogen-bond acceptors (Lipinski definition) is 3. The lowest BCUT2D eigenvalue weighted by molar-refractivity contribution is 0.337. The summed E-state index contributed by atoms with van der Waals surface area (Å²) in [4.78, 5) is 25.0. The molecule has 1 aliphatic heterocycles. The molecule has 1 aromatic carbocycles. The molecule has 2 aromatic rings. The number of halogens is 2. The molecule has 0 saturated heterocycles. The van der Waals surface area contributed by atoms with Crippen molar-refractivity contribution in [3.8, 4) is 11.4 Å². The lowest BCUT2D eigenvalue weighted by atomic mass is 10.3. The average molecular weight is 382 g/mol. The molecule has 0 saturated carbocycles. The van der Waals surface area contributed by atoms with E-state index in [1.165, 1.54) is 23.0 Å². The van der Waals surface area contributed by atoms with Gasteiger partial charge in [-0.3, -0.25) is 0 Å². The van der Waals surface area contributed by atoms with Crippen LogP contribution in [-0.4, -0.2) is 20.5 Å². The standard InChI is InChI=1S/C15H13BrFN3O3/c1-2-23-13-9-12(11(17)8-10(13)16)20-14(21)18-6-4-3-5-7-19(18)15(20)22/h3-6,8-9H,2,7H2,1H3. The van der Waals surface area contributed by atoms with Crippen LogP contribution in [0.2, 0.25) is 0 Å². The van der Waals surface area contributed by atoms with E-state index in [9.17, 15) is 14.0 Å². The van der Waals surface area contributed by atoms with E-state index in [1.54, 1.807) is 25.2 Å². The molecule has 0 unspecified atom stereocenters. The molecule has 0 spiro atoms. The zero-order valence-corrected chi connectivity index (χ0v) is 13.8. The van der Waals surface area contributed by atoms with Gasteiger partial charge in [0.15, 0.2) is 0 Å². The van der Waals surface area contributed by atoms with Gasteiger partial charge in [0.1, 0.15) is 11.6 Å². The van der Waals surface area contributed by atoms with Crippen LogP contribution < -0.4 is 16.1 Å². The Bertz CT molecular complexity index is 937. The van der Waals surface area contributed by atoms with Crippen LogP contribution in [-0.2, 0) is 6.54 Å². The maximum atomic E-state index is 14.3. The van der Waals surface area contributed by atoms with Gasteiger partial charge in [-0.05, 0) is 35.0 Å². The second-order valence-corrected chi connectivity index (χ2v) is 5.62. The summed E-state index contributed by atoms with van der Waals surface area (Å²) < 4.78 is 23.3. The Morgan fingerprint density at radius 1 is 1.26 bits per heavy atom. The van der Waals surface area contributed by atoms with Gasteiger partial charge < -0.3 is 4.74 Å². The van der Waals surface area contributed by atoms with E-state index >= 15 is 0 Å². The lowest BCUT2D eigenvalue weighted by Crippen LogP contribution is -2.28. The molecule has 8 heteroatoms. The summed E-state index contributed by atoms with van der Waals surface area (Å²) in [6.07, 6.45) is 6.56. The van der Waals surface area contributed by atoms with Crippen molar-refractivity contribution < 1.29 is 9.13 Å². The quantitative estimate of drug-likeness (QED) is 0.818. The molecule has 120 valence electrons. The highest BCUT2D eigenvalue weighted by Gasteiger charge is 2.20. The second-order valence-electron chi connectivity index (χ2n) is 4.76. The maximum absolute atomic E-state index is 14.3. The molecular formula is C15H13BrFN3O3. The predicted octanol–water partition coefficient (Wildman–Crippen LogP) is 2.14. The average Bonchev–Trinajstić information content (AvgIpc) is 2.71. The Kier molecular flexibility index (Phi) is 4.08. The topological polar surface area (TPSA) is 58.2 Å². The van der Waals surface area contributed by atoms with E-state index in [-0.39, 0.29) is 12.2 Å². The fourth-order valence-corrected chi connectivity index (χ4v) is 2.77. The van der Waals surface area contributed by atoms with Gasteiger partial charge in [-0.25, -0.2) is 27.9 Å². The van der Waals surface area contributed by atoms with E-state index < -0.39 is 17.2 Å². The number of hydrogen-bond donors (Lipinski definition) is 0. The van der Waals surface area contributed by atoms with Crippen molar-refractivity contribution in [1.29, 1.82) is 0 Å². The number of rotatable bonds is 3. The number of allylic oxidation sites excluding steroid dienone is 3. The Balaban J connectivity index is 2.27. The summed E-state index contributed by atoms with van der Waals surface area (Å²) in [5.41, 5.74) is -1.40. The molecule has 1 aromatic heterocycles. The third-order valence-electron chi connectivity index (χ3n) is 3.35. The lowest BCUT2D eigenvalue weighted by Gasteiger charge is -2.09. The molecule has 2 heterocycles. The summed E-state index contributed by atoms with van der Waals surface area (Å²) in [5, 5.41) is 0. The molecule has 0 fully saturated rings. The van der Waals surface area contributed by atoms with Crippen LogP contribution in [0.15, 0.2) is 44.4 Å². The summed E-state index contributed by atoms with van der Waals surface area (Å²) >= 11 is 3.20. The van der Waals surface area contributed by atoms with Gasteiger partial charge in [0, 0.05) is 12.3 Å². The Morgan fingerprint density at radius 3 is 2.78 bits per heavy atom. The number of ether oxygens (including phenoxy) is 1. The first-order valence-electron chi connectivity index (χ1n) is 6.94. The SMILES string of the molecule is CCOc1cc(-n2c(=O)n3n(c2=O)CC=CC=C3)c(F)cc1Br. The van der Waals surface area contributed by atoms with Gasteiger partial charge in [-0.15, -0.1) is 0 Å². The monoisotopic (exact) mass is 381 g/mol. The summed E-state index contributed by atoms with van der Waals surface area (Å²) in [6.45, 7) is 2.39. The minimum absolute atomic E-state index is 0.142. The van der Waals surface area contributed by atoms with Gasteiger partial charge in [-0.2, -0.15) is 0 Å². The van der Waals surface area contributed by atoms with Crippen LogP contribution in [0.3, 0.4) is 0 Å². The van der Waals surface area contributed by atoms with E-state index in [0.717, 1.165) is 9.25 Å². The van der Waals surface area contributed by atoms with Crippen molar-refractivity contribution in [1.82, 2.24) is 13.9 Å². The summed E-state index contributed by atoms with van der Waals surface area (Å²) in [6, 6.07) is 2.52. The highest BCUT2D eigenvalue weighted by Crippen LogP contribution is 2.29. The maximum Gasteiger partial charge on any atom is 0.356 e.